The van der Waals surface area contributed by atoms with E-state index in [1.165, 1.54) is 0 Å². The summed E-state index contributed by atoms with van der Waals surface area (Å²) < 4.78 is 44.9. The quantitative estimate of drug-likeness (QED) is 0.364. The first-order valence-electron chi connectivity index (χ1n) is 7.52. The van der Waals surface area contributed by atoms with E-state index in [4.69, 9.17) is 33.2 Å². The molecular formula is C17H14ClN3O6. The zero-order valence-electron chi connectivity index (χ0n) is 14.0. The van der Waals surface area contributed by atoms with Crippen LogP contribution in [0.2, 0.25) is 0 Å². The first-order chi connectivity index (χ1) is 12.7. The molecule has 0 unspecified atom stereocenters. The summed E-state index contributed by atoms with van der Waals surface area (Å²) in [5, 5.41) is 7.00. The molecule has 9 nitrogen and oxygen atoms in total. The van der Waals surface area contributed by atoms with Crippen molar-refractivity contribution in [1.82, 2.24) is 9.97 Å². The van der Waals surface area contributed by atoms with Crippen molar-refractivity contribution in [2.75, 3.05) is 7.11 Å². The van der Waals surface area contributed by atoms with E-state index >= 15 is 0 Å². The third kappa shape index (κ3) is 4.61. The Morgan fingerprint density at radius 2 is 1.78 bits per heavy atom. The highest BCUT2D eigenvalue weighted by atomic mass is 35.7. The molecule has 0 aliphatic carbocycles. The highest BCUT2D eigenvalue weighted by Crippen LogP contribution is 2.24. The SMILES string of the molecule is COc1ccc2cc(-c3nc4ccccc4[nH]3)c(=[NH2+])oc2c1.[O-][Cl+3]([O-])([O-])[O-]. The van der Waals surface area contributed by atoms with Crippen LogP contribution in [0.15, 0.2) is 52.9 Å². The molecule has 0 saturated carbocycles. The maximum absolute atomic E-state index is 8.49. The number of halogens is 1. The van der Waals surface area contributed by atoms with Crippen molar-refractivity contribution in [3.63, 3.8) is 0 Å². The van der Waals surface area contributed by atoms with Gasteiger partial charge in [-0.3, -0.25) is 0 Å². The van der Waals surface area contributed by atoms with Gasteiger partial charge in [-0.25, -0.2) is 29.0 Å². The van der Waals surface area contributed by atoms with Crippen molar-refractivity contribution in [3.8, 4) is 17.1 Å². The number of hydrogen-bond acceptors (Lipinski definition) is 7. The molecule has 0 amide bonds. The summed E-state index contributed by atoms with van der Waals surface area (Å²) >= 11 is 0. The lowest BCUT2D eigenvalue weighted by atomic mass is 10.1. The number of aromatic nitrogens is 2. The van der Waals surface area contributed by atoms with E-state index in [0.717, 1.165) is 27.7 Å². The van der Waals surface area contributed by atoms with E-state index in [1.54, 1.807) is 7.11 Å². The molecule has 10 heteroatoms. The zero-order valence-corrected chi connectivity index (χ0v) is 14.7. The van der Waals surface area contributed by atoms with Crippen LogP contribution in [0, 0.1) is 10.2 Å². The Labute approximate surface area is 154 Å². The van der Waals surface area contributed by atoms with Gasteiger partial charge in [0, 0.05) is 11.5 Å². The molecule has 0 bridgehead atoms. The van der Waals surface area contributed by atoms with Gasteiger partial charge in [0.2, 0.25) is 0 Å². The number of H-pyrrole nitrogens is 1. The average Bonchev–Trinajstić information content (AvgIpc) is 3.03. The molecule has 0 aliphatic rings. The Balaban J connectivity index is 0.000000376. The lowest BCUT2D eigenvalue weighted by Crippen LogP contribution is -2.68. The summed E-state index contributed by atoms with van der Waals surface area (Å²) in [5.74, 6) is 1.42. The molecule has 0 radical (unpaired) electrons. The Hall–Kier alpha value is -2.95. The number of aromatic amines is 1. The molecular weight excluding hydrogens is 378 g/mol. The molecule has 0 aliphatic heterocycles. The highest BCUT2D eigenvalue weighted by molar-refractivity contribution is 5.84. The fourth-order valence-electron chi connectivity index (χ4n) is 2.51. The second-order valence-corrected chi connectivity index (χ2v) is 6.16. The van der Waals surface area contributed by atoms with Gasteiger partial charge in [0.15, 0.2) is 0 Å². The number of hydrogen-bond donors (Lipinski definition) is 2. The van der Waals surface area contributed by atoms with Gasteiger partial charge in [-0.05, 0) is 30.3 Å². The number of methoxy groups -OCH3 is 1. The smallest absolute Gasteiger partial charge is 0.375 e. The summed E-state index contributed by atoms with van der Waals surface area (Å²) in [6, 6.07) is 15.4. The van der Waals surface area contributed by atoms with Gasteiger partial charge >= 0.3 is 5.55 Å². The monoisotopic (exact) mass is 391 g/mol. The van der Waals surface area contributed by atoms with Gasteiger partial charge < -0.3 is 14.1 Å². The third-order valence-corrected chi connectivity index (χ3v) is 3.65. The molecule has 0 atom stereocenters. The van der Waals surface area contributed by atoms with E-state index in [1.807, 2.05) is 48.5 Å². The third-order valence-electron chi connectivity index (χ3n) is 3.65. The van der Waals surface area contributed by atoms with Gasteiger partial charge in [-0.1, -0.05) is 12.1 Å². The van der Waals surface area contributed by atoms with Crippen LogP contribution in [0.25, 0.3) is 33.4 Å². The van der Waals surface area contributed by atoms with Crippen molar-refractivity contribution in [1.29, 1.82) is 0 Å². The molecule has 0 spiro atoms. The van der Waals surface area contributed by atoms with Gasteiger partial charge in [0.1, 0.15) is 22.7 Å². The standard InChI is InChI=1S/C17H13N3O2.ClHO4/c1-21-11-7-6-10-8-12(16(18)22-15(10)9-11)17-19-13-4-2-3-5-14(13)20-17;2-1(3,4)5/h2-9,18H,1H3,(H,19,20);(H,2,3,4,5). The Morgan fingerprint density at radius 1 is 1.07 bits per heavy atom. The molecule has 2 aromatic heterocycles. The number of imidazole rings is 1. The van der Waals surface area contributed by atoms with Crippen molar-refractivity contribution in [3.05, 3.63) is 54.1 Å². The van der Waals surface area contributed by atoms with Crippen LogP contribution in [-0.4, -0.2) is 17.1 Å². The molecule has 27 heavy (non-hydrogen) atoms. The minimum atomic E-state index is -4.94. The summed E-state index contributed by atoms with van der Waals surface area (Å²) in [4.78, 5) is 7.83. The number of para-hydroxylation sites is 2. The van der Waals surface area contributed by atoms with Crippen LogP contribution in [-0.2, 0) is 0 Å². The van der Waals surface area contributed by atoms with Crippen LogP contribution < -0.4 is 34.3 Å². The Bertz CT molecular complexity index is 1110. The molecule has 0 fully saturated rings. The number of nitrogens with zero attached hydrogens (tertiary/aromatic N) is 1. The summed E-state index contributed by atoms with van der Waals surface area (Å²) in [6.07, 6.45) is 0. The van der Waals surface area contributed by atoms with Gasteiger partial charge in [-0.2, -0.15) is 0 Å². The molecule has 2 heterocycles. The number of ether oxygens (including phenoxy) is 1. The normalized spacial score (nSPS) is 11.3. The van der Waals surface area contributed by atoms with Crippen LogP contribution in [0.3, 0.4) is 0 Å². The number of benzene rings is 2. The minimum absolute atomic E-state index is 0.319. The van der Waals surface area contributed by atoms with Crippen LogP contribution in [0.1, 0.15) is 0 Å². The Morgan fingerprint density at radius 3 is 2.44 bits per heavy atom. The summed E-state index contributed by atoms with van der Waals surface area (Å²) in [5.41, 5.74) is 3.60. The van der Waals surface area contributed by atoms with Crippen LogP contribution >= 0.6 is 0 Å². The number of nitrogens with two attached hydrogens (primary N) is 1. The lowest BCUT2D eigenvalue weighted by molar-refractivity contribution is -2.00. The van der Waals surface area contributed by atoms with E-state index in [9.17, 15) is 0 Å². The summed E-state index contributed by atoms with van der Waals surface area (Å²) in [7, 11) is -3.33. The van der Waals surface area contributed by atoms with Crippen molar-refractivity contribution < 1.29 is 43.4 Å². The lowest BCUT2D eigenvalue weighted by Gasteiger charge is -2.17. The van der Waals surface area contributed by atoms with Gasteiger partial charge in [0.05, 0.1) is 18.1 Å². The summed E-state index contributed by atoms with van der Waals surface area (Å²) in [6.45, 7) is 0. The van der Waals surface area contributed by atoms with E-state index < -0.39 is 10.2 Å². The fourth-order valence-corrected chi connectivity index (χ4v) is 2.51. The molecule has 4 rings (SSSR count). The van der Waals surface area contributed by atoms with Crippen molar-refractivity contribution in [2.24, 2.45) is 0 Å². The predicted molar refractivity (Wildman–Crippen MR) is 82.9 cm³/mol. The molecule has 3 N–H and O–H groups in total. The Kier molecular flexibility index (Phi) is 5.13. The average molecular weight is 392 g/mol. The minimum Gasteiger partial charge on any atom is -0.497 e. The second-order valence-electron chi connectivity index (χ2n) is 5.41. The number of rotatable bonds is 2. The first-order valence-corrected chi connectivity index (χ1v) is 8.75. The molecule has 140 valence electrons. The van der Waals surface area contributed by atoms with Crippen LogP contribution in [0.5, 0.6) is 5.75 Å². The molecule has 0 saturated heterocycles. The maximum Gasteiger partial charge on any atom is 0.375 e. The van der Waals surface area contributed by atoms with E-state index in [2.05, 4.69) is 9.97 Å². The molecule has 4 aromatic rings. The largest absolute Gasteiger partial charge is 0.497 e. The second kappa shape index (κ2) is 7.35. The number of fused-ring (bicyclic) bond motifs is 2. The highest BCUT2D eigenvalue weighted by Gasteiger charge is 2.13. The van der Waals surface area contributed by atoms with E-state index in [-0.39, 0.29) is 0 Å². The van der Waals surface area contributed by atoms with E-state index in [0.29, 0.717) is 17.0 Å². The van der Waals surface area contributed by atoms with Crippen LogP contribution in [0.4, 0.5) is 0 Å². The molecule has 2 aromatic carbocycles. The van der Waals surface area contributed by atoms with Crippen molar-refractivity contribution in [2.45, 2.75) is 0 Å². The fraction of sp³-hybridized carbons (Fsp3) is 0.0588. The zero-order chi connectivity index (χ0) is 19.6. The van der Waals surface area contributed by atoms with Crippen molar-refractivity contribution >= 4 is 22.0 Å². The van der Waals surface area contributed by atoms with Gasteiger partial charge in [0.25, 0.3) is 0 Å². The number of nitrogens with one attached hydrogen (secondary N) is 1. The van der Waals surface area contributed by atoms with Gasteiger partial charge in [-0.15, -0.1) is 10.2 Å². The predicted octanol–water partition coefficient (Wildman–Crippen LogP) is -3.11. The maximum atomic E-state index is 8.49. The first kappa shape index (κ1) is 18.8. The topological polar surface area (TPSA) is 169 Å².